The quantitative estimate of drug-likeness (QED) is 0.841. The number of ether oxygens (including phenoxy) is 1. The van der Waals surface area contributed by atoms with Gasteiger partial charge in [-0.15, -0.1) is 0 Å². The minimum Gasteiger partial charge on any atom is -0.497 e. The predicted octanol–water partition coefficient (Wildman–Crippen LogP) is 3.60. The van der Waals surface area contributed by atoms with Crippen molar-refractivity contribution in [2.45, 2.75) is 45.6 Å². The summed E-state index contributed by atoms with van der Waals surface area (Å²) < 4.78 is 10.5. The molecule has 1 saturated heterocycles. The van der Waals surface area contributed by atoms with Crippen molar-refractivity contribution in [1.29, 1.82) is 0 Å². The van der Waals surface area contributed by atoms with Crippen LogP contribution in [0.4, 0.5) is 0 Å². The van der Waals surface area contributed by atoms with Crippen LogP contribution in [0.2, 0.25) is 0 Å². The Kier molecular flexibility index (Phi) is 4.88. The molecule has 3 rings (SSSR count). The Labute approximate surface area is 142 Å². The summed E-state index contributed by atoms with van der Waals surface area (Å²) in [4.78, 5) is 14.7. The molecule has 0 radical (unpaired) electrons. The van der Waals surface area contributed by atoms with E-state index >= 15 is 0 Å². The molecule has 1 aliphatic rings. The average molecular weight is 328 g/mol. The lowest BCUT2D eigenvalue weighted by atomic mass is 10.0. The molecule has 1 aromatic heterocycles. The molecule has 1 amide bonds. The second kappa shape index (κ2) is 7.07. The maximum absolute atomic E-state index is 12.7. The molecule has 0 aliphatic carbocycles. The molecule has 2 aromatic rings. The second-order valence-corrected chi connectivity index (χ2v) is 6.33. The van der Waals surface area contributed by atoms with Gasteiger partial charge in [-0.1, -0.05) is 17.3 Å². The summed E-state index contributed by atoms with van der Waals surface area (Å²) in [5.74, 6) is 1.86. The number of amides is 1. The number of aryl methyl sites for hydroxylation is 3. The summed E-state index contributed by atoms with van der Waals surface area (Å²) in [6, 6.07) is 8.01. The molecule has 24 heavy (non-hydrogen) atoms. The summed E-state index contributed by atoms with van der Waals surface area (Å²) in [5, 5.41) is 4.04. The zero-order chi connectivity index (χ0) is 17.1. The molecule has 2 heterocycles. The second-order valence-electron chi connectivity index (χ2n) is 6.33. The van der Waals surface area contributed by atoms with E-state index in [1.54, 1.807) is 7.11 Å². The van der Waals surface area contributed by atoms with Gasteiger partial charge >= 0.3 is 0 Å². The van der Waals surface area contributed by atoms with E-state index in [2.05, 4.69) is 5.16 Å². The molecule has 128 valence electrons. The molecule has 1 aliphatic heterocycles. The first kappa shape index (κ1) is 16.6. The van der Waals surface area contributed by atoms with Crippen LogP contribution in [0.15, 0.2) is 28.8 Å². The lowest BCUT2D eigenvalue weighted by Gasteiger charge is -2.25. The Morgan fingerprint density at radius 1 is 1.33 bits per heavy atom. The standard InChI is InChI=1S/C19H24N2O3/c1-13-19(14(2)24-20-13)17-5-4-12-21(17)18(22)11-8-15-6-9-16(23-3)10-7-15/h6-7,9-10,17H,4-5,8,11-12H2,1-3H3. The Morgan fingerprint density at radius 2 is 2.08 bits per heavy atom. The van der Waals surface area contributed by atoms with E-state index in [-0.39, 0.29) is 11.9 Å². The molecule has 5 heteroatoms. The van der Waals surface area contributed by atoms with Crippen LogP contribution in [-0.2, 0) is 11.2 Å². The minimum absolute atomic E-state index is 0.111. The van der Waals surface area contributed by atoms with Crippen LogP contribution < -0.4 is 4.74 Å². The van der Waals surface area contributed by atoms with Gasteiger partial charge in [0, 0.05) is 18.5 Å². The lowest BCUT2D eigenvalue weighted by molar-refractivity contribution is -0.132. The third-order valence-electron chi connectivity index (χ3n) is 4.78. The van der Waals surface area contributed by atoms with Crippen LogP contribution in [0.5, 0.6) is 5.75 Å². The first-order chi connectivity index (χ1) is 11.6. The zero-order valence-corrected chi connectivity index (χ0v) is 14.5. The average Bonchev–Trinajstić information content (AvgIpc) is 3.19. The van der Waals surface area contributed by atoms with E-state index in [1.807, 2.05) is 43.0 Å². The Bertz CT molecular complexity index is 686. The monoisotopic (exact) mass is 328 g/mol. The smallest absolute Gasteiger partial charge is 0.223 e. The predicted molar refractivity (Wildman–Crippen MR) is 91.0 cm³/mol. The van der Waals surface area contributed by atoms with Gasteiger partial charge in [-0.2, -0.15) is 0 Å². The maximum atomic E-state index is 12.7. The number of carbonyl (C=O) groups excluding carboxylic acids is 1. The Balaban J connectivity index is 1.65. The molecular weight excluding hydrogens is 304 g/mol. The molecule has 1 fully saturated rings. The maximum Gasteiger partial charge on any atom is 0.223 e. The van der Waals surface area contributed by atoms with Crippen LogP contribution in [0.3, 0.4) is 0 Å². The molecule has 1 aromatic carbocycles. The number of likely N-dealkylation sites (tertiary alicyclic amines) is 1. The van der Waals surface area contributed by atoms with Gasteiger partial charge in [-0.05, 0) is 50.8 Å². The topological polar surface area (TPSA) is 55.6 Å². The summed E-state index contributed by atoms with van der Waals surface area (Å²) >= 11 is 0. The highest BCUT2D eigenvalue weighted by Gasteiger charge is 2.33. The van der Waals surface area contributed by atoms with Gasteiger partial charge in [0.15, 0.2) is 0 Å². The summed E-state index contributed by atoms with van der Waals surface area (Å²) in [6.45, 7) is 4.69. The van der Waals surface area contributed by atoms with Crippen LogP contribution in [0, 0.1) is 13.8 Å². The van der Waals surface area contributed by atoms with Crippen molar-refractivity contribution in [2.24, 2.45) is 0 Å². The van der Waals surface area contributed by atoms with Gasteiger partial charge in [0.25, 0.3) is 0 Å². The van der Waals surface area contributed by atoms with Gasteiger partial charge in [0.05, 0.1) is 18.8 Å². The fourth-order valence-electron chi connectivity index (χ4n) is 3.52. The molecular formula is C19H24N2O3. The van der Waals surface area contributed by atoms with Crippen LogP contribution in [-0.4, -0.2) is 29.6 Å². The largest absolute Gasteiger partial charge is 0.497 e. The molecule has 1 unspecified atom stereocenters. The number of methoxy groups -OCH3 is 1. The SMILES string of the molecule is COc1ccc(CCC(=O)N2CCCC2c2c(C)noc2C)cc1. The van der Waals surface area contributed by atoms with Gasteiger partial charge in [0.2, 0.25) is 5.91 Å². The van der Waals surface area contributed by atoms with Crippen molar-refractivity contribution in [1.82, 2.24) is 10.1 Å². The van der Waals surface area contributed by atoms with Gasteiger partial charge in [0.1, 0.15) is 11.5 Å². The van der Waals surface area contributed by atoms with E-state index in [9.17, 15) is 4.79 Å². The van der Waals surface area contributed by atoms with E-state index in [1.165, 1.54) is 0 Å². The normalized spacial score (nSPS) is 17.3. The Hall–Kier alpha value is -2.30. The Morgan fingerprint density at radius 3 is 2.71 bits per heavy atom. The molecule has 0 bridgehead atoms. The third kappa shape index (κ3) is 3.30. The van der Waals surface area contributed by atoms with Crippen molar-refractivity contribution < 1.29 is 14.1 Å². The number of aromatic nitrogens is 1. The molecule has 1 atom stereocenters. The number of nitrogens with zero attached hydrogens (tertiary/aromatic N) is 2. The molecule has 0 saturated carbocycles. The number of hydrogen-bond donors (Lipinski definition) is 0. The van der Waals surface area contributed by atoms with Gasteiger partial charge in [-0.25, -0.2) is 0 Å². The third-order valence-corrected chi connectivity index (χ3v) is 4.78. The summed E-state index contributed by atoms with van der Waals surface area (Å²) in [7, 11) is 1.65. The number of benzene rings is 1. The van der Waals surface area contributed by atoms with Crippen LogP contribution in [0.1, 0.15) is 47.9 Å². The molecule has 5 nitrogen and oxygen atoms in total. The summed E-state index contributed by atoms with van der Waals surface area (Å²) in [5.41, 5.74) is 3.13. The van der Waals surface area contributed by atoms with Gasteiger partial charge in [-0.3, -0.25) is 4.79 Å². The minimum atomic E-state index is 0.111. The fraction of sp³-hybridized carbons (Fsp3) is 0.474. The van der Waals surface area contributed by atoms with Crippen molar-refractivity contribution in [3.05, 3.63) is 46.8 Å². The van der Waals surface area contributed by atoms with E-state index in [0.29, 0.717) is 6.42 Å². The van der Waals surface area contributed by atoms with Crippen molar-refractivity contribution in [2.75, 3.05) is 13.7 Å². The van der Waals surface area contributed by atoms with E-state index < -0.39 is 0 Å². The first-order valence-electron chi connectivity index (χ1n) is 8.45. The molecule has 0 spiro atoms. The van der Waals surface area contributed by atoms with E-state index in [4.69, 9.17) is 9.26 Å². The van der Waals surface area contributed by atoms with Crippen molar-refractivity contribution >= 4 is 5.91 Å². The number of hydrogen-bond acceptors (Lipinski definition) is 4. The highest BCUT2D eigenvalue weighted by Crippen LogP contribution is 2.36. The van der Waals surface area contributed by atoms with Gasteiger partial charge < -0.3 is 14.2 Å². The van der Waals surface area contributed by atoms with Crippen molar-refractivity contribution in [3.8, 4) is 5.75 Å². The van der Waals surface area contributed by atoms with Crippen LogP contribution >= 0.6 is 0 Å². The lowest BCUT2D eigenvalue weighted by Crippen LogP contribution is -2.31. The van der Waals surface area contributed by atoms with E-state index in [0.717, 1.165) is 54.1 Å². The number of rotatable bonds is 5. The highest BCUT2D eigenvalue weighted by molar-refractivity contribution is 5.77. The van der Waals surface area contributed by atoms with Crippen molar-refractivity contribution in [3.63, 3.8) is 0 Å². The number of carbonyl (C=O) groups is 1. The molecule has 0 N–H and O–H groups in total. The highest BCUT2D eigenvalue weighted by atomic mass is 16.5. The summed E-state index contributed by atoms with van der Waals surface area (Å²) in [6.07, 6.45) is 3.28. The fourth-order valence-corrected chi connectivity index (χ4v) is 3.52. The zero-order valence-electron chi connectivity index (χ0n) is 14.5. The first-order valence-corrected chi connectivity index (χ1v) is 8.45. The van der Waals surface area contributed by atoms with Crippen LogP contribution in [0.25, 0.3) is 0 Å².